The summed E-state index contributed by atoms with van der Waals surface area (Å²) in [6.45, 7) is 0. The molecule has 5 heteroatoms. The first-order valence-electron chi connectivity index (χ1n) is 7.48. The molecule has 0 aliphatic carbocycles. The summed E-state index contributed by atoms with van der Waals surface area (Å²) in [5, 5.41) is 0.314. The normalized spacial score (nSPS) is 10.1. The third-order valence-electron chi connectivity index (χ3n) is 3.36. The van der Waals surface area contributed by atoms with Crippen molar-refractivity contribution >= 4 is 23.5 Å². The minimum absolute atomic E-state index is 0.119. The maximum Gasteiger partial charge on any atom is 0.347 e. The van der Waals surface area contributed by atoms with Crippen LogP contribution in [0.4, 0.5) is 0 Å². The topological polar surface area (TPSA) is 52.6 Å². The van der Waals surface area contributed by atoms with Crippen molar-refractivity contribution in [2.75, 3.05) is 0 Å². The van der Waals surface area contributed by atoms with Crippen molar-refractivity contribution in [1.82, 2.24) is 0 Å². The van der Waals surface area contributed by atoms with Gasteiger partial charge in [0.1, 0.15) is 17.1 Å². The summed E-state index contributed by atoms with van der Waals surface area (Å²) in [5.74, 6) is -0.866. The van der Waals surface area contributed by atoms with E-state index in [0.717, 1.165) is 0 Å². The first-order valence-corrected chi connectivity index (χ1v) is 7.86. The van der Waals surface area contributed by atoms with Crippen LogP contribution >= 0.6 is 11.6 Å². The molecule has 25 heavy (non-hydrogen) atoms. The molecule has 4 nitrogen and oxygen atoms in total. The monoisotopic (exact) mass is 352 g/mol. The van der Waals surface area contributed by atoms with Gasteiger partial charge in [0, 0.05) is 0 Å². The van der Waals surface area contributed by atoms with Crippen molar-refractivity contribution in [2.45, 2.75) is 0 Å². The Morgan fingerprint density at radius 3 is 1.92 bits per heavy atom. The lowest BCUT2D eigenvalue weighted by atomic mass is 10.2. The lowest BCUT2D eigenvalue weighted by Crippen LogP contribution is -2.14. The molecule has 0 atom stereocenters. The van der Waals surface area contributed by atoms with E-state index >= 15 is 0 Å². The highest BCUT2D eigenvalue weighted by atomic mass is 35.5. The maximum atomic E-state index is 12.4. The van der Waals surface area contributed by atoms with Crippen LogP contribution in [0, 0.1) is 0 Å². The molecule has 0 unspecified atom stereocenters. The molecule has 0 N–H and O–H groups in total. The molecule has 0 aliphatic rings. The average molecular weight is 353 g/mol. The van der Waals surface area contributed by atoms with E-state index in [4.69, 9.17) is 21.1 Å². The Morgan fingerprint density at radius 2 is 1.20 bits per heavy atom. The van der Waals surface area contributed by atoms with Crippen LogP contribution in [0.3, 0.4) is 0 Å². The number of esters is 2. The molecular weight excluding hydrogens is 340 g/mol. The fraction of sp³-hybridized carbons (Fsp3) is 0. The summed E-state index contributed by atoms with van der Waals surface area (Å²) in [6, 6.07) is 21.5. The summed E-state index contributed by atoms with van der Waals surface area (Å²) >= 11 is 6.00. The summed E-state index contributed by atoms with van der Waals surface area (Å²) in [6.07, 6.45) is 0. The van der Waals surface area contributed by atoms with Gasteiger partial charge in [0.25, 0.3) is 0 Å². The van der Waals surface area contributed by atoms with Crippen molar-refractivity contribution in [3.8, 4) is 11.5 Å². The molecule has 0 saturated carbocycles. The van der Waals surface area contributed by atoms with Crippen molar-refractivity contribution in [1.29, 1.82) is 0 Å². The summed E-state index contributed by atoms with van der Waals surface area (Å²) < 4.78 is 10.6. The molecule has 0 spiro atoms. The Hall–Kier alpha value is -3.11. The summed E-state index contributed by atoms with van der Waals surface area (Å²) in [4.78, 5) is 24.6. The lowest BCUT2D eigenvalue weighted by molar-refractivity contribution is 0.0707. The first kappa shape index (κ1) is 16.7. The van der Waals surface area contributed by atoms with Crippen molar-refractivity contribution in [3.05, 3.63) is 95.0 Å². The van der Waals surface area contributed by atoms with Gasteiger partial charge in [-0.2, -0.15) is 0 Å². The fourth-order valence-corrected chi connectivity index (χ4v) is 2.31. The third kappa shape index (κ3) is 4.05. The highest BCUT2D eigenvalue weighted by Crippen LogP contribution is 2.26. The number of benzene rings is 3. The molecule has 0 bridgehead atoms. The number of halogens is 1. The van der Waals surface area contributed by atoms with Crippen molar-refractivity contribution in [2.24, 2.45) is 0 Å². The molecule has 124 valence electrons. The highest BCUT2D eigenvalue weighted by molar-refractivity contribution is 6.32. The van der Waals surface area contributed by atoms with Gasteiger partial charge in [-0.25, -0.2) is 9.59 Å². The first-order chi connectivity index (χ1) is 12.1. The Bertz CT molecular complexity index is 906. The Balaban J connectivity index is 1.82. The smallest absolute Gasteiger partial charge is 0.347 e. The average Bonchev–Trinajstić information content (AvgIpc) is 2.64. The second-order valence-electron chi connectivity index (χ2n) is 5.07. The zero-order valence-corrected chi connectivity index (χ0v) is 13.8. The highest BCUT2D eigenvalue weighted by Gasteiger charge is 2.18. The molecule has 0 saturated heterocycles. The van der Waals surface area contributed by atoms with Gasteiger partial charge in [-0.1, -0.05) is 54.1 Å². The van der Waals surface area contributed by atoms with Gasteiger partial charge in [0.15, 0.2) is 0 Å². The van der Waals surface area contributed by atoms with E-state index < -0.39 is 11.9 Å². The Labute approximate surface area is 149 Å². The van der Waals surface area contributed by atoms with Gasteiger partial charge in [-0.05, 0) is 36.4 Å². The molecule has 3 aromatic carbocycles. The zero-order valence-electron chi connectivity index (χ0n) is 13.0. The van der Waals surface area contributed by atoms with Gasteiger partial charge in [0.2, 0.25) is 0 Å². The quantitative estimate of drug-likeness (QED) is 0.501. The molecule has 3 rings (SSSR count). The van der Waals surface area contributed by atoms with E-state index in [-0.39, 0.29) is 17.1 Å². The van der Waals surface area contributed by atoms with Crippen LogP contribution in [0.25, 0.3) is 0 Å². The van der Waals surface area contributed by atoms with Crippen LogP contribution in [0.1, 0.15) is 20.7 Å². The van der Waals surface area contributed by atoms with Crippen molar-refractivity contribution < 1.29 is 19.1 Å². The number of carbonyl (C=O) groups is 2. The predicted octanol–water partition coefficient (Wildman–Crippen LogP) is 4.78. The van der Waals surface area contributed by atoms with E-state index in [0.29, 0.717) is 10.6 Å². The largest absolute Gasteiger partial charge is 0.422 e. The molecule has 0 amide bonds. The van der Waals surface area contributed by atoms with E-state index in [1.165, 1.54) is 12.1 Å². The van der Waals surface area contributed by atoms with Gasteiger partial charge >= 0.3 is 11.9 Å². The standard InChI is InChI=1S/C20H13ClO4/c21-16-11-5-7-13-18(16)25-20(23)15-10-4-6-12-17(15)24-19(22)14-8-2-1-3-9-14/h1-13H. The molecule has 0 aliphatic heterocycles. The number of ether oxygens (including phenoxy) is 2. The molecular formula is C20H13ClO4. The number of hydrogen-bond donors (Lipinski definition) is 0. The number of rotatable bonds is 4. The van der Waals surface area contributed by atoms with Crippen LogP contribution < -0.4 is 9.47 Å². The van der Waals surface area contributed by atoms with Gasteiger partial charge in [-0.15, -0.1) is 0 Å². The molecule has 3 aromatic rings. The minimum atomic E-state index is -0.662. The second-order valence-corrected chi connectivity index (χ2v) is 5.48. The number of hydrogen-bond acceptors (Lipinski definition) is 4. The van der Waals surface area contributed by atoms with Crippen LogP contribution in [-0.4, -0.2) is 11.9 Å². The van der Waals surface area contributed by atoms with Crippen LogP contribution in [0.15, 0.2) is 78.9 Å². The zero-order chi connectivity index (χ0) is 17.6. The maximum absolute atomic E-state index is 12.4. The van der Waals surface area contributed by atoms with Gasteiger partial charge in [0.05, 0.1) is 10.6 Å². The van der Waals surface area contributed by atoms with Crippen molar-refractivity contribution in [3.63, 3.8) is 0 Å². The second kappa shape index (κ2) is 7.64. The summed E-state index contributed by atoms with van der Waals surface area (Å²) in [5.41, 5.74) is 0.517. The van der Waals surface area contributed by atoms with Gasteiger partial charge in [-0.3, -0.25) is 0 Å². The van der Waals surface area contributed by atoms with E-state index in [2.05, 4.69) is 0 Å². The minimum Gasteiger partial charge on any atom is -0.422 e. The Kier molecular flexibility index (Phi) is 5.11. The summed E-state index contributed by atoms with van der Waals surface area (Å²) in [7, 11) is 0. The SMILES string of the molecule is O=C(Oc1ccccc1C(=O)Oc1ccccc1Cl)c1ccccc1. The lowest BCUT2D eigenvalue weighted by Gasteiger charge is -2.10. The Morgan fingerprint density at radius 1 is 0.640 bits per heavy atom. The van der Waals surface area contributed by atoms with E-state index in [1.807, 2.05) is 0 Å². The van der Waals surface area contributed by atoms with Crippen LogP contribution in [0.2, 0.25) is 5.02 Å². The molecule has 0 fully saturated rings. The van der Waals surface area contributed by atoms with E-state index in [9.17, 15) is 9.59 Å². The van der Waals surface area contributed by atoms with Crippen LogP contribution in [-0.2, 0) is 0 Å². The molecule has 0 heterocycles. The molecule has 0 radical (unpaired) electrons. The molecule has 0 aromatic heterocycles. The van der Waals surface area contributed by atoms with Crippen LogP contribution in [0.5, 0.6) is 11.5 Å². The fourth-order valence-electron chi connectivity index (χ4n) is 2.14. The number of carbonyl (C=O) groups excluding carboxylic acids is 2. The van der Waals surface area contributed by atoms with Gasteiger partial charge < -0.3 is 9.47 Å². The number of para-hydroxylation sites is 2. The predicted molar refractivity (Wildman–Crippen MR) is 94.3 cm³/mol. The van der Waals surface area contributed by atoms with E-state index in [1.54, 1.807) is 66.7 Å². The third-order valence-corrected chi connectivity index (χ3v) is 3.67.